The van der Waals surface area contributed by atoms with E-state index in [1.54, 1.807) is 29.5 Å². The summed E-state index contributed by atoms with van der Waals surface area (Å²) in [5.41, 5.74) is 1.24. The van der Waals surface area contributed by atoms with Crippen LogP contribution in [0.2, 0.25) is 10.0 Å². The molecule has 1 atom stereocenters. The van der Waals surface area contributed by atoms with E-state index in [1.807, 2.05) is 24.4 Å². The van der Waals surface area contributed by atoms with Gasteiger partial charge in [-0.3, -0.25) is 9.59 Å². The van der Waals surface area contributed by atoms with Crippen LogP contribution in [0.4, 0.5) is 5.69 Å². The molecule has 0 saturated carbocycles. The lowest BCUT2D eigenvalue weighted by Gasteiger charge is -2.21. The number of hydrogen-bond acceptors (Lipinski definition) is 6. The minimum atomic E-state index is -0.621. The summed E-state index contributed by atoms with van der Waals surface area (Å²) in [7, 11) is 0. The Kier molecular flexibility index (Phi) is 6.54. The Morgan fingerprint density at radius 1 is 1.30 bits per heavy atom. The lowest BCUT2D eigenvalue weighted by Crippen LogP contribution is -2.41. The van der Waals surface area contributed by atoms with Crippen molar-refractivity contribution < 1.29 is 9.59 Å². The summed E-state index contributed by atoms with van der Waals surface area (Å²) < 4.78 is 0. The van der Waals surface area contributed by atoms with E-state index in [1.165, 1.54) is 0 Å². The zero-order valence-electron chi connectivity index (χ0n) is 14.0. The third-order valence-corrected chi connectivity index (χ3v) is 6.31. The second-order valence-electron chi connectivity index (χ2n) is 5.54. The van der Waals surface area contributed by atoms with Gasteiger partial charge in [0.05, 0.1) is 20.6 Å². The van der Waals surface area contributed by atoms with Gasteiger partial charge in [0.1, 0.15) is 5.25 Å². The van der Waals surface area contributed by atoms with Crippen molar-refractivity contribution in [3.05, 3.63) is 50.6 Å². The first-order valence-corrected chi connectivity index (χ1v) is 10.3. The highest BCUT2D eigenvalue weighted by atomic mass is 35.5. The van der Waals surface area contributed by atoms with Gasteiger partial charge >= 0.3 is 0 Å². The van der Waals surface area contributed by atoms with E-state index in [0.29, 0.717) is 15.7 Å². The van der Waals surface area contributed by atoms with Gasteiger partial charge in [-0.15, -0.1) is 16.4 Å². The van der Waals surface area contributed by atoms with Crippen LogP contribution in [0, 0.1) is 0 Å². The van der Waals surface area contributed by atoms with E-state index in [4.69, 9.17) is 23.2 Å². The van der Waals surface area contributed by atoms with Crippen LogP contribution in [-0.4, -0.2) is 27.9 Å². The molecule has 2 aromatic rings. The highest BCUT2D eigenvalue weighted by Gasteiger charge is 2.30. The van der Waals surface area contributed by atoms with Gasteiger partial charge in [0.15, 0.2) is 5.17 Å². The number of rotatable bonds is 4. The minimum Gasteiger partial charge on any atom is -0.325 e. The van der Waals surface area contributed by atoms with E-state index >= 15 is 0 Å². The van der Waals surface area contributed by atoms with Crippen molar-refractivity contribution in [1.29, 1.82) is 0 Å². The highest BCUT2D eigenvalue weighted by molar-refractivity contribution is 8.15. The second-order valence-corrected chi connectivity index (χ2v) is 8.50. The Labute approximate surface area is 174 Å². The third kappa shape index (κ3) is 5.32. The van der Waals surface area contributed by atoms with E-state index in [-0.39, 0.29) is 23.4 Å². The first-order chi connectivity index (χ1) is 12.9. The molecule has 1 aliphatic heterocycles. The Hall–Kier alpha value is -1.87. The minimum absolute atomic E-state index is 0.0461. The van der Waals surface area contributed by atoms with Crippen LogP contribution in [0.3, 0.4) is 0 Å². The molecule has 1 fully saturated rings. The summed E-state index contributed by atoms with van der Waals surface area (Å²) in [5.74, 6) is -0.606. The lowest BCUT2D eigenvalue weighted by molar-refractivity contribution is -0.123. The number of hydrogen-bond donors (Lipinski definition) is 2. The summed E-state index contributed by atoms with van der Waals surface area (Å²) in [6, 6.07) is 8.65. The standard InChI is InChI=1S/C17H14Cl2N4O2S2/c1-9(13-3-2-6-26-13)22-23-17-21-15(24)8-14(27-17)16(25)20-10-4-5-11(18)12(19)7-10/h2-7,14H,8H2,1H3,(H,20,25)(H,21,23,24)/b22-9-/t14-/m0/s1. The van der Waals surface area contributed by atoms with Crippen LogP contribution in [0.25, 0.3) is 0 Å². The molecule has 1 aromatic carbocycles. The molecule has 0 spiro atoms. The Morgan fingerprint density at radius 2 is 2.11 bits per heavy atom. The largest absolute Gasteiger partial charge is 0.325 e. The van der Waals surface area contributed by atoms with Crippen LogP contribution >= 0.6 is 46.3 Å². The topological polar surface area (TPSA) is 82.9 Å². The predicted octanol–water partition coefficient (Wildman–Crippen LogP) is 4.40. The molecular formula is C17H14Cl2N4O2S2. The van der Waals surface area contributed by atoms with Gasteiger partial charge in [-0.05, 0) is 36.6 Å². The summed E-state index contributed by atoms with van der Waals surface area (Å²) in [6.07, 6.45) is 0.0461. The van der Waals surface area contributed by atoms with E-state index < -0.39 is 5.25 Å². The molecule has 1 aromatic heterocycles. The molecule has 2 N–H and O–H groups in total. The van der Waals surface area contributed by atoms with Gasteiger partial charge in [0.25, 0.3) is 0 Å². The maximum absolute atomic E-state index is 12.5. The van der Waals surface area contributed by atoms with Crippen molar-refractivity contribution in [2.24, 2.45) is 10.2 Å². The van der Waals surface area contributed by atoms with Crippen molar-refractivity contribution in [2.45, 2.75) is 18.6 Å². The van der Waals surface area contributed by atoms with Crippen molar-refractivity contribution in [3.8, 4) is 0 Å². The fraction of sp³-hybridized carbons (Fsp3) is 0.176. The molecule has 1 aliphatic rings. The molecule has 2 amide bonds. The number of carbonyl (C=O) groups is 2. The average Bonchev–Trinajstić information content (AvgIpc) is 3.17. The number of benzene rings is 1. The quantitative estimate of drug-likeness (QED) is 0.545. The van der Waals surface area contributed by atoms with Crippen molar-refractivity contribution in [1.82, 2.24) is 5.32 Å². The molecule has 2 heterocycles. The molecule has 0 radical (unpaired) electrons. The zero-order chi connectivity index (χ0) is 19.4. The fourth-order valence-corrected chi connectivity index (χ4v) is 4.09. The van der Waals surface area contributed by atoms with Gasteiger partial charge in [0.2, 0.25) is 11.8 Å². The monoisotopic (exact) mass is 440 g/mol. The molecule has 0 bridgehead atoms. The summed E-state index contributed by atoms with van der Waals surface area (Å²) in [5, 5.41) is 15.9. The van der Waals surface area contributed by atoms with Gasteiger partial charge in [0, 0.05) is 12.1 Å². The highest BCUT2D eigenvalue weighted by Crippen LogP contribution is 2.27. The molecule has 140 valence electrons. The van der Waals surface area contributed by atoms with Crippen LogP contribution in [-0.2, 0) is 9.59 Å². The lowest BCUT2D eigenvalue weighted by atomic mass is 10.2. The predicted molar refractivity (Wildman–Crippen MR) is 113 cm³/mol. The maximum Gasteiger partial charge on any atom is 0.238 e. The number of nitrogens with zero attached hydrogens (tertiary/aromatic N) is 2. The number of amides is 2. The molecule has 10 heteroatoms. The first-order valence-electron chi connectivity index (χ1n) is 7.81. The van der Waals surface area contributed by atoms with Gasteiger partial charge in [-0.1, -0.05) is 41.0 Å². The number of nitrogens with one attached hydrogen (secondary N) is 2. The normalized spacial score (nSPS) is 19.1. The molecule has 0 unspecified atom stereocenters. The van der Waals surface area contributed by atoms with E-state index in [2.05, 4.69) is 20.8 Å². The van der Waals surface area contributed by atoms with Crippen LogP contribution in [0.5, 0.6) is 0 Å². The van der Waals surface area contributed by atoms with Gasteiger partial charge < -0.3 is 10.6 Å². The first kappa shape index (κ1) is 19.9. The fourth-order valence-electron chi connectivity index (χ4n) is 2.19. The average molecular weight is 441 g/mol. The number of thioether (sulfide) groups is 1. The van der Waals surface area contributed by atoms with Gasteiger partial charge in [-0.25, -0.2) is 0 Å². The zero-order valence-corrected chi connectivity index (χ0v) is 17.2. The number of amidine groups is 1. The van der Waals surface area contributed by atoms with Crippen molar-refractivity contribution in [2.75, 3.05) is 5.32 Å². The van der Waals surface area contributed by atoms with Crippen LogP contribution in [0.15, 0.2) is 45.9 Å². The van der Waals surface area contributed by atoms with Crippen molar-refractivity contribution in [3.63, 3.8) is 0 Å². The summed E-state index contributed by atoms with van der Waals surface area (Å²) in [4.78, 5) is 25.4. The van der Waals surface area contributed by atoms with E-state index in [0.717, 1.165) is 22.4 Å². The molecule has 3 rings (SSSR count). The molecular weight excluding hydrogens is 427 g/mol. The molecule has 27 heavy (non-hydrogen) atoms. The van der Waals surface area contributed by atoms with Gasteiger partial charge in [-0.2, -0.15) is 5.10 Å². The Morgan fingerprint density at radius 3 is 2.81 bits per heavy atom. The number of anilines is 1. The molecule has 0 aliphatic carbocycles. The van der Waals surface area contributed by atoms with E-state index in [9.17, 15) is 9.59 Å². The Bertz CT molecular complexity index is 929. The smallest absolute Gasteiger partial charge is 0.238 e. The SMILES string of the molecule is C/C(=N/N=C1/NC(=O)C[C@@H](C(=O)Nc2ccc(Cl)c(Cl)c2)S1)c1cccs1. The van der Waals surface area contributed by atoms with Crippen LogP contribution in [0.1, 0.15) is 18.2 Å². The second kappa shape index (κ2) is 8.88. The molecule has 1 saturated heterocycles. The number of thiophene rings is 1. The van der Waals surface area contributed by atoms with Crippen molar-refractivity contribution >= 4 is 74.7 Å². The summed E-state index contributed by atoms with van der Waals surface area (Å²) >= 11 is 14.5. The molecule has 6 nitrogen and oxygen atoms in total. The number of halogens is 2. The third-order valence-electron chi connectivity index (χ3n) is 3.52. The summed E-state index contributed by atoms with van der Waals surface area (Å²) in [6.45, 7) is 1.83. The van der Waals surface area contributed by atoms with Crippen LogP contribution < -0.4 is 10.6 Å². The maximum atomic E-state index is 12.5. The Balaban J connectivity index is 1.69. The number of carbonyl (C=O) groups excluding carboxylic acids is 2.